The van der Waals surface area contributed by atoms with E-state index < -0.39 is 6.10 Å². The Hall–Kier alpha value is -1.25. The molecule has 0 fully saturated rings. The SMILES string of the molecule is CCc1occc1C(O)Cc1cccc(Cl)c1. The van der Waals surface area contributed by atoms with E-state index in [9.17, 15) is 5.11 Å². The maximum Gasteiger partial charge on any atom is 0.109 e. The molecule has 0 amide bonds. The number of aliphatic hydroxyl groups excluding tert-OH is 1. The molecule has 2 rings (SSSR count). The summed E-state index contributed by atoms with van der Waals surface area (Å²) in [7, 11) is 0. The number of benzene rings is 1. The van der Waals surface area contributed by atoms with Crippen molar-refractivity contribution in [2.45, 2.75) is 25.9 Å². The highest BCUT2D eigenvalue weighted by Gasteiger charge is 2.14. The fourth-order valence-corrected chi connectivity index (χ4v) is 2.14. The normalized spacial score (nSPS) is 12.6. The largest absolute Gasteiger partial charge is 0.469 e. The highest BCUT2D eigenvalue weighted by atomic mass is 35.5. The first-order valence-electron chi connectivity index (χ1n) is 5.69. The first-order chi connectivity index (χ1) is 8.20. The Balaban J connectivity index is 2.14. The van der Waals surface area contributed by atoms with E-state index in [0.717, 1.165) is 23.3 Å². The Morgan fingerprint density at radius 1 is 1.35 bits per heavy atom. The second kappa shape index (κ2) is 5.39. The Kier molecular flexibility index (Phi) is 3.87. The number of hydrogen-bond acceptors (Lipinski definition) is 2. The first kappa shape index (κ1) is 12.2. The summed E-state index contributed by atoms with van der Waals surface area (Å²) in [6.45, 7) is 2.01. The summed E-state index contributed by atoms with van der Waals surface area (Å²) < 4.78 is 5.31. The second-order valence-corrected chi connectivity index (χ2v) is 4.44. The zero-order valence-corrected chi connectivity index (χ0v) is 10.4. The Labute approximate surface area is 106 Å². The number of rotatable bonds is 4. The first-order valence-corrected chi connectivity index (χ1v) is 6.07. The molecule has 1 unspecified atom stereocenters. The van der Waals surface area contributed by atoms with E-state index in [0.29, 0.717) is 11.4 Å². The molecule has 1 atom stereocenters. The van der Waals surface area contributed by atoms with E-state index in [1.54, 1.807) is 6.26 Å². The zero-order chi connectivity index (χ0) is 12.3. The van der Waals surface area contributed by atoms with Gasteiger partial charge in [0.1, 0.15) is 5.76 Å². The van der Waals surface area contributed by atoms with E-state index in [4.69, 9.17) is 16.0 Å². The van der Waals surface area contributed by atoms with Gasteiger partial charge in [-0.1, -0.05) is 30.7 Å². The lowest BCUT2D eigenvalue weighted by Crippen LogP contribution is -2.03. The predicted molar refractivity (Wildman–Crippen MR) is 68.2 cm³/mol. The lowest BCUT2D eigenvalue weighted by molar-refractivity contribution is 0.176. The van der Waals surface area contributed by atoms with Crippen LogP contribution in [0.1, 0.15) is 29.9 Å². The van der Waals surface area contributed by atoms with Crippen LogP contribution in [0.4, 0.5) is 0 Å². The molecule has 3 heteroatoms. The molecule has 0 spiro atoms. The third kappa shape index (κ3) is 2.90. The number of aryl methyl sites for hydroxylation is 1. The molecule has 2 aromatic rings. The highest BCUT2D eigenvalue weighted by molar-refractivity contribution is 6.30. The van der Waals surface area contributed by atoms with E-state index >= 15 is 0 Å². The number of furan rings is 1. The minimum absolute atomic E-state index is 0.540. The number of aliphatic hydroxyl groups is 1. The summed E-state index contributed by atoms with van der Waals surface area (Å²) >= 11 is 5.91. The van der Waals surface area contributed by atoms with Crippen molar-refractivity contribution in [1.29, 1.82) is 0 Å². The van der Waals surface area contributed by atoms with Gasteiger partial charge >= 0.3 is 0 Å². The van der Waals surface area contributed by atoms with Crippen molar-refractivity contribution in [3.8, 4) is 0 Å². The van der Waals surface area contributed by atoms with Crippen LogP contribution in [0.3, 0.4) is 0 Å². The summed E-state index contributed by atoms with van der Waals surface area (Å²) in [5.74, 6) is 0.847. The van der Waals surface area contributed by atoms with Gasteiger partial charge in [-0.25, -0.2) is 0 Å². The standard InChI is InChI=1S/C14H15ClO2/c1-2-14-12(6-7-17-14)13(16)9-10-4-3-5-11(15)8-10/h3-8,13,16H,2,9H2,1H3. The molecular formula is C14H15ClO2. The summed E-state index contributed by atoms with van der Waals surface area (Å²) in [6.07, 6.45) is 2.42. The van der Waals surface area contributed by atoms with E-state index in [-0.39, 0.29) is 0 Å². The minimum Gasteiger partial charge on any atom is -0.469 e. The molecule has 2 nitrogen and oxygen atoms in total. The maximum absolute atomic E-state index is 10.2. The van der Waals surface area contributed by atoms with Crippen LogP contribution in [0.5, 0.6) is 0 Å². The fraction of sp³-hybridized carbons (Fsp3) is 0.286. The van der Waals surface area contributed by atoms with E-state index in [1.807, 2.05) is 37.3 Å². The summed E-state index contributed by atoms with van der Waals surface area (Å²) in [4.78, 5) is 0. The van der Waals surface area contributed by atoms with Crippen LogP contribution in [-0.2, 0) is 12.8 Å². The third-order valence-corrected chi connectivity index (χ3v) is 3.01. The van der Waals surface area contributed by atoms with Crippen molar-refractivity contribution >= 4 is 11.6 Å². The van der Waals surface area contributed by atoms with Gasteiger partial charge in [0.2, 0.25) is 0 Å². The van der Waals surface area contributed by atoms with Gasteiger partial charge in [0, 0.05) is 23.4 Å². The maximum atomic E-state index is 10.2. The van der Waals surface area contributed by atoms with Crippen molar-refractivity contribution in [3.63, 3.8) is 0 Å². The minimum atomic E-state index is -0.540. The van der Waals surface area contributed by atoms with Crippen molar-refractivity contribution in [1.82, 2.24) is 0 Å². The monoisotopic (exact) mass is 250 g/mol. The highest BCUT2D eigenvalue weighted by Crippen LogP contribution is 2.24. The molecule has 0 aliphatic rings. The number of halogens is 1. The molecule has 1 heterocycles. The number of hydrogen-bond donors (Lipinski definition) is 1. The van der Waals surface area contributed by atoms with Crippen molar-refractivity contribution in [2.24, 2.45) is 0 Å². The lowest BCUT2D eigenvalue weighted by atomic mass is 10.0. The van der Waals surface area contributed by atoms with Gasteiger partial charge in [0.25, 0.3) is 0 Å². The predicted octanol–water partition coefficient (Wildman–Crippen LogP) is 3.77. The second-order valence-electron chi connectivity index (χ2n) is 4.00. The van der Waals surface area contributed by atoms with Crippen LogP contribution in [0.25, 0.3) is 0 Å². The van der Waals surface area contributed by atoms with Crippen molar-refractivity contribution < 1.29 is 9.52 Å². The molecule has 1 N–H and O–H groups in total. The van der Waals surface area contributed by atoms with Crippen molar-refractivity contribution in [2.75, 3.05) is 0 Å². The lowest BCUT2D eigenvalue weighted by Gasteiger charge is -2.10. The average molecular weight is 251 g/mol. The quantitative estimate of drug-likeness (QED) is 0.896. The summed E-state index contributed by atoms with van der Waals surface area (Å²) in [6, 6.07) is 9.37. The van der Waals surface area contributed by atoms with Gasteiger partial charge in [-0.2, -0.15) is 0 Å². The molecule has 0 bridgehead atoms. The smallest absolute Gasteiger partial charge is 0.109 e. The van der Waals surface area contributed by atoms with Crippen LogP contribution in [-0.4, -0.2) is 5.11 Å². The zero-order valence-electron chi connectivity index (χ0n) is 9.69. The molecular weight excluding hydrogens is 236 g/mol. The van der Waals surface area contributed by atoms with Gasteiger partial charge in [-0.3, -0.25) is 0 Å². The van der Waals surface area contributed by atoms with Crippen LogP contribution < -0.4 is 0 Å². The summed E-state index contributed by atoms with van der Waals surface area (Å²) in [5, 5.41) is 10.9. The molecule has 17 heavy (non-hydrogen) atoms. The summed E-state index contributed by atoms with van der Waals surface area (Å²) in [5.41, 5.74) is 1.89. The molecule has 1 aromatic carbocycles. The molecule has 0 saturated carbocycles. The Bertz CT molecular complexity index is 490. The van der Waals surface area contributed by atoms with Gasteiger partial charge in [-0.15, -0.1) is 0 Å². The third-order valence-electron chi connectivity index (χ3n) is 2.78. The van der Waals surface area contributed by atoms with E-state index in [2.05, 4.69) is 0 Å². The molecule has 0 saturated heterocycles. The van der Waals surface area contributed by atoms with Crippen molar-refractivity contribution in [3.05, 3.63) is 58.5 Å². The van der Waals surface area contributed by atoms with Gasteiger partial charge < -0.3 is 9.52 Å². The molecule has 1 aromatic heterocycles. The van der Waals surface area contributed by atoms with Crippen LogP contribution in [0.2, 0.25) is 5.02 Å². The molecule has 90 valence electrons. The van der Waals surface area contributed by atoms with Crippen LogP contribution in [0, 0.1) is 0 Å². The Morgan fingerprint density at radius 3 is 2.88 bits per heavy atom. The average Bonchev–Trinajstić information content (AvgIpc) is 2.77. The van der Waals surface area contributed by atoms with Crippen LogP contribution in [0.15, 0.2) is 41.0 Å². The van der Waals surface area contributed by atoms with Crippen LogP contribution >= 0.6 is 11.6 Å². The molecule has 0 aliphatic heterocycles. The Morgan fingerprint density at radius 2 is 2.18 bits per heavy atom. The van der Waals surface area contributed by atoms with Gasteiger partial charge in [-0.05, 0) is 23.8 Å². The fourth-order valence-electron chi connectivity index (χ4n) is 1.93. The topological polar surface area (TPSA) is 33.4 Å². The molecule has 0 aliphatic carbocycles. The molecule has 0 radical (unpaired) electrons. The van der Waals surface area contributed by atoms with E-state index in [1.165, 1.54) is 0 Å². The van der Waals surface area contributed by atoms with Gasteiger partial charge in [0.05, 0.1) is 12.4 Å². The van der Waals surface area contributed by atoms with Gasteiger partial charge in [0.15, 0.2) is 0 Å².